The van der Waals surface area contributed by atoms with Crippen molar-refractivity contribution in [3.63, 3.8) is 0 Å². The highest BCUT2D eigenvalue weighted by Crippen LogP contribution is 2.19. The molecule has 0 aromatic carbocycles. The van der Waals surface area contributed by atoms with Gasteiger partial charge in [0.25, 0.3) is 0 Å². The van der Waals surface area contributed by atoms with E-state index in [4.69, 9.17) is 10.6 Å². The summed E-state index contributed by atoms with van der Waals surface area (Å²) in [6, 6.07) is 3.47. The van der Waals surface area contributed by atoms with E-state index in [1.807, 2.05) is 13.8 Å². The zero-order chi connectivity index (χ0) is 11.5. The molecular formula is C9H12N6O. The number of ether oxygens (including phenoxy) is 1. The Kier molecular flexibility index (Phi) is 2.69. The van der Waals surface area contributed by atoms with Crippen LogP contribution < -0.4 is 16.0 Å². The molecule has 2 aromatic heterocycles. The van der Waals surface area contributed by atoms with Crippen LogP contribution in [0.4, 0.5) is 5.95 Å². The molecule has 0 aliphatic rings. The first-order valence-electron chi connectivity index (χ1n) is 4.69. The predicted molar refractivity (Wildman–Crippen MR) is 58.0 cm³/mol. The summed E-state index contributed by atoms with van der Waals surface area (Å²) >= 11 is 0. The number of rotatable bonds is 3. The summed E-state index contributed by atoms with van der Waals surface area (Å²) in [5.41, 5.74) is 4.04. The lowest BCUT2D eigenvalue weighted by Gasteiger charge is -2.04. The third-order valence-electron chi connectivity index (χ3n) is 1.85. The topological polar surface area (TPSA) is 102 Å². The maximum Gasteiger partial charge on any atom is 0.240 e. The number of nitrogens with zero attached hydrogens (tertiary/aromatic N) is 3. The van der Waals surface area contributed by atoms with Crippen molar-refractivity contribution in [2.75, 3.05) is 5.43 Å². The molecule has 16 heavy (non-hydrogen) atoms. The normalized spacial score (nSPS) is 10.2. The van der Waals surface area contributed by atoms with Gasteiger partial charge in [0, 0.05) is 23.5 Å². The van der Waals surface area contributed by atoms with E-state index in [-0.39, 0.29) is 0 Å². The van der Waals surface area contributed by atoms with E-state index >= 15 is 0 Å². The maximum atomic E-state index is 5.43. The molecule has 0 saturated carbocycles. The number of anilines is 1. The average molecular weight is 220 g/mol. The van der Waals surface area contributed by atoms with E-state index in [1.54, 1.807) is 12.1 Å². The summed E-state index contributed by atoms with van der Waals surface area (Å²) in [7, 11) is 0. The fraction of sp³-hybridized carbons (Fsp3) is 0.222. The molecule has 0 atom stereocenters. The Morgan fingerprint density at radius 1 is 1.25 bits per heavy atom. The van der Waals surface area contributed by atoms with Gasteiger partial charge in [-0.3, -0.25) is 10.5 Å². The van der Waals surface area contributed by atoms with E-state index in [0.29, 0.717) is 17.7 Å². The van der Waals surface area contributed by atoms with E-state index in [0.717, 1.165) is 11.4 Å². The molecule has 0 spiro atoms. The minimum Gasteiger partial charge on any atom is -0.419 e. The van der Waals surface area contributed by atoms with Crippen molar-refractivity contribution in [3.05, 3.63) is 23.5 Å². The van der Waals surface area contributed by atoms with Crippen LogP contribution in [0.1, 0.15) is 11.4 Å². The van der Waals surface area contributed by atoms with Crippen molar-refractivity contribution in [1.82, 2.24) is 20.2 Å². The minimum atomic E-state index is 0.308. The third-order valence-corrected chi connectivity index (χ3v) is 1.85. The molecule has 7 nitrogen and oxygen atoms in total. The molecule has 2 rings (SSSR count). The molecule has 0 saturated heterocycles. The van der Waals surface area contributed by atoms with Crippen LogP contribution in [0.3, 0.4) is 0 Å². The van der Waals surface area contributed by atoms with Crippen LogP contribution >= 0.6 is 0 Å². The van der Waals surface area contributed by atoms with Crippen molar-refractivity contribution in [2.45, 2.75) is 13.8 Å². The highest BCUT2D eigenvalue weighted by atomic mass is 16.5. The van der Waals surface area contributed by atoms with E-state index in [1.165, 1.54) is 0 Å². The number of nitrogen functional groups attached to an aromatic ring is 1. The Morgan fingerprint density at radius 2 is 2.06 bits per heavy atom. The van der Waals surface area contributed by atoms with Gasteiger partial charge in [-0.25, -0.2) is 10.8 Å². The summed E-state index contributed by atoms with van der Waals surface area (Å²) in [6.07, 6.45) is 0. The van der Waals surface area contributed by atoms with Gasteiger partial charge in [0.05, 0.1) is 0 Å². The van der Waals surface area contributed by atoms with E-state index in [2.05, 4.69) is 25.6 Å². The predicted octanol–water partition coefficient (Wildman–Crippen LogP) is 0.894. The Labute approximate surface area is 92.0 Å². The Hall–Kier alpha value is -2.15. The van der Waals surface area contributed by atoms with Crippen LogP contribution in [0.15, 0.2) is 12.1 Å². The first-order chi connectivity index (χ1) is 7.67. The summed E-state index contributed by atoms with van der Waals surface area (Å²) in [6.45, 7) is 3.71. The van der Waals surface area contributed by atoms with Gasteiger partial charge in [-0.15, -0.1) is 5.10 Å². The number of aryl methyl sites for hydroxylation is 2. The van der Waals surface area contributed by atoms with Gasteiger partial charge < -0.3 is 4.74 Å². The second kappa shape index (κ2) is 4.15. The monoisotopic (exact) mass is 220 g/mol. The summed E-state index contributed by atoms with van der Waals surface area (Å²) in [4.78, 5) is 8.08. The largest absolute Gasteiger partial charge is 0.419 e. The second-order valence-corrected chi connectivity index (χ2v) is 3.31. The lowest BCUT2D eigenvalue weighted by Crippen LogP contribution is -2.11. The molecule has 0 bridgehead atoms. The van der Waals surface area contributed by atoms with Gasteiger partial charge >= 0.3 is 0 Å². The van der Waals surface area contributed by atoms with Gasteiger partial charge in [0.1, 0.15) is 0 Å². The minimum absolute atomic E-state index is 0.308. The van der Waals surface area contributed by atoms with E-state index in [9.17, 15) is 0 Å². The highest BCUT2D eigenvalue weighted by Gasteiger charge is 2.05. The van der Waals surface area contributed by atoms with Crippen LogP contribution in [-0.4, -0.2) is 20.2 Å². The number of nitrogens with two attached hydrogens (primary N) is 1. The fourth-order valence-electron chi connectivity index (χ4n) is 1.21. The van der Waals surface area contributed by atoms with Gasteiger partial charge in [-0.1, -0.05) is 0 Å². The number of nitrogens with one attached hydrogen (secondary N) is 2. The van der Waals surface area contributed by atoms with Gasteiger partial charge in [-0.05, 0) is 13.8 Å². The molecule has 0 amide bonds. The first-order valence-corrected chi connectivity index (χ1v) is 4.69. The summed E-state index contributed by atoms with van der Waals surface area (Å²) in [5.74, 6) is 6.39. The van der Waals surface area contributed by atoms with Crippen LogP contribution in [0, 0.1) is 13.8 Å². The number of hydrazine groups is 1. The van der Waals surface area contributed by atoms with Crippen molar-refractivity contribution in [2.24, 2.45) is 5.84 Å². The molecular weight excluding hydrogens is 208 g/mol. The number of hydrogen-bond acceptors (Lipinski definition) is 6. The average Bonchev–Trinajstić information content (AvgIpc) is 2.63. The smallest absolute Gasteiger partial charge is 0.240 e. The van der Waals surface area contributed by atoms with E-state index < -0.39 is 0 Å². The van der Waals surface area contributed by atoms with Crippen LogP contribution in [0.5, 0.6) is 11.8 Å². The molecule has 0 fully saturated rings. The summed E-state index contributed by atoms with van der Waals surface area (Å²) < 4.78 is 5.43. The maximum absolute atomic E-state index is 5.43. The van der Waals surface area contributed by atoms with Crippen LogP contribution in [-0.2, 0) is 0 Å². The molecule has 0 aliphatic carbocycles. The molecule has 84 valence electrons. The Balaban J connectivity index is 2.24. The first kappa shape index (κ1) is 10.4. The number of hydrogen-bond donors (Lipinski definition) is 3. The Morgan fingerprint density at radius 3 is 2.69 bits per heavy atom. The zero-order valence-corrected chi connectivity index (χ0v) is 8.98. The quantitative estimate of drug-likeness (QED) is 0.524. The highest BCUT2D eigenvalue weighted by molar-refractivity contribution is 5.31. The fourth-order valence-corrected chi connectivity index (χ4v) is 1.21. The second-order valence-electron chi connectivity index (χ2n) is 3.31. The molecule has 4 N–H and O–H groups in total. The lowest BCUT2D eigenvalue weighted by atomic mass is 10.4. The molecule has 0 aliphatic heterocycles. The number of aromatic amines is 1. The van der Waals surface area contributed by atoms with Gasteiger partial charge in [0.15, 0.2) is 0 Å². The van der Waals surface area contributed by atoms with Crippen molar-refractivity contribution in [1.29, 1.82) is 0 Å². The van der Waals surface area contributed by atoms with Crippen molar-refractivity contribution < 1.29 is 4.74 Å². The van der Waals surface area contributed by atoms with Crippen molar-refractivity contribution >= 4 is 5.95 Å². The zero-order valence-electron chi connectivity index (χ0n) is 8.98. The lowest BCUT2D eigenvalue weighted by molar-refractivity contribution is 0.442. The van der Waals surface area contributed by atoms with Gasteiger partial charge in [-0.2, -0.15) is 4.98 Å². The molecule has 0 radical (unpaired) electrons. The number of aromatic nitrogens is 4. The molecule has 2 aromatic rings. The molecule has 7 heteroatoms. The van der Waals surface area contributed by atoms with Gasteiger partial charge in [0.2, 0.25) is 17.7 Å². The molecule has 2 heterocycles. The van der Waals surface area contributed by atoms with Crippen molar-refractivity contribution in [3.8, 4) is 11.8 Å². The standard InChI is InChI=1S/C9H12N6O/c1-5-3-7(12-9(11-5)13-10)16-8-4-6(2)14-15-8/h3-4H,10H2,1-2H3,(H,14,15)(H,11,12,13). The SMILES string of the molecule is Cc1cc(Oc2cc(C)[nH]n2)nc(NN)n1. The number of H-pyrrole nitrogens is 1. The Bertz CT molecular complexity index is 494. The van der Waals surface area contributed by atoms with Crippen LogP contribution in [0.25, 0.3) is 0 Å². The third kappa shape index (κ3) is 2.26. The molecule has 0 unspecified atom stereocenters. The summed E-state index contributed by atoms with van der Waals surface area (Å²) in [5, 5.41) is 6.71. The van der Waals surface area contributed by atoms with Crippen LogP contribution in [0.2, 0.25) is 0 Å².